The lowest BCUT2D eigenvalue weighted by Gasteiger charge is -2.20. The second-order valence-corrected chi connectivity index (χ2v) is 8.16. The van der Waals surface area contributed by atoms with Gasteiger partial charge in [-0.3, -0.25) is 0 Å². The maximum Gasteiger partial charge on any atom is 0.225 e. The highest BCUT2D eigenvalue weighted by Crippen LogP contribution is 2.41. The summed E-state index contributed by atoms with van der Waals surface area (Å²) in [5, 5.41) is 11.4. The number of nitrogens with zero attached hydrogens (tertiary/aromatic N) is 1. The summed E-state index contributed by atoms with van der Waals surface area (Å²) in [6.07, 6.45) is 17.3. The van der Waals surface area contributed by atoms with Gasteiger partial charge in [0.15, 0.2) is 0 Å². The van der Waals surface area contributed by atoms with Gasteiger partial charge in [-0.1, -0.05) is 64.2 Å². The Kier molecular flexibility index (Phi) is 5.56. The highest BCUT2D eigenvalue weighted by atomic mass is 32.1. The third-order valence-corrected chi connectivity index (χ3v) is 6.57. The van der Waals surface area contributed by atoms with Gasteiger partial charge in [0.1, 0.15) is 0 Å². The number of thiazole rings is 1. The zero-order valence-electron chi connectivity index (χ0n) is 13.1. The normalized spacial score (nSPS) is 22.9. The fourth-order valence-corrected chi connectivity index (χ4v) is 5.32. The molecular formula is C18H29NOS. The Morgan fingerprint density at radius 3 is 2.14 bits per heavy atom. The Hall–Kier alpha value is -0.570. The van der Waals surface area contributed by atoms with Gasteiger partial charge in [0.25, 0.3) is 0 Å². The fraction of sp³-hybridized carbons (Fsp3) is 0.833. The van der Waals surface area contributed by atoms with Gasteiger partial charge in [-0.05, 0) is 24.7 Å². The minimum Gasteiger partial charge on any atom is -0.492 e. The number of aromatic nitrogens is 1. The summed E-state index contributed by atoms with van der Waals surface area (Å²) in [6.45, 7) is 0. The van der Waals surface area contributed by atoms with Crippen LogP contribution in [0.4, 0.5) is 0 Å². The minimum atomic E-state index is 0.354. The molecule has 0 unspecified atom stereocenters. The second-order valence-electron chi connectivity index (χ2n) is 7.05. The molecule has 3 rings (SSSR count). The molecule has 2 aliphatic carbocycles. The maximum absolute atomic E-state index is 10.2. The smallest absolute Gasteiger partial charge is 0.225 e. The molecule has 0 spiro atoms. The first-order valence-corrected chi connectivity index (χ1v) is 9.83. The van der Waals surface area contributed by atoms with Crippen LogP contribution in [0.1, 0.15) is 92.9 Å². The van der Waals surface area contributed by atoms with E-state index < -0.39 is 0 Å². The number of rotatable bonds is 3. The van der Waals surface area contributed by atoms with Crippen molar-refractivity contribution in [2.24, 2.45) is 5.92 Å². The van der Waals surface area contributed by atoms with Gasteiger partial charge in [0.05, 0.1) is 9.88 Å². The molecule has 0 bridgehead atoms. The van der Waals surface area contributed by atoms with Crippen LogP contribution in [-0.2, 0) is 6.42 Å². The van der Waals surface area contributed by atoms with Gasteiger partial charge >= 0.3 is 0 Å². The molecule has 0 amide bonds. The van der Waals surface area contributed by atoms with Crippen LogP contribution < -0.4 is 0 Å². The molecule has 2 fully saturated rings. The topological polar surface area (TPSA) is 33.1 Å². The molecule has 1 aromatic rings. The van der Waals surface area contributed by atoms with Crippen molar-refractivity contribution in [2.45, 2.75) is 89.4 Å². The Labute approximate surface area is 133 Å². The minimum absolute atomic E-state index is 0.354. The first kappa shape index (κ1) is 15.3. The quantitative estimate of drug-likeness (QED) is 0.765. The van der Waals surface area contributed by atoms with Crippen molar-refractivity contribution < 1.29 is 5.11 Å². The van der Waals surface area contributed by atoms with E-state index in [1.807, 2.05) is 11.3 Å². The van der Waals surface area contributed by atoms with Crippen molar-refractivity contribution >= 4 is 11.3 Å². The number of hydrogen-bond acceptors (Lipinski definition) is 3. The SMILES string of the molecule is Oc1nc(CC2CCCCCCC2)sc1C1CCCCC1. The molecule has 0 radical (unpaired) electrons. The summed E-state index contributed by atoms with van der Waals surface area (Å²) >= 11 is 1.81. The zero-order chi connectivity index (χ0) is 14.5. The molecule has 0 aliphatic heterocycles. The molecular weight excluding hydrogens is 278 g/mol. The van der Waals surface area contributed by atoms with Crippen LogP contribution in [0.5, 0.6) is 5.88 Å². The molecule has 0 atom stereocenters. The highest BCUT2D eigenvalue weighted by Gasteiger charge is 2.23. The van der Waals surface area contributed by atoms with Gasteiger partial charge in [-0.15, -0.1) is 11.3 Å². The van der Waals surface area contributed by atoms with Crippen LogP contribution in [0.15, 0.2) is 0 Å². The van der Waals surface area contributed by atoms with E-state index in [1.54, 1.807) is 0 Å². The zero-order valence-corrected chi connectivity index (χ0v) is 14.0. The lowest BCUT2D eigenvalue weighted by atomic mass is 9.88. The standard InChI is InChI=1S/C18H29NOS/c20-18-17(15-11-7-4-8-12-15)21-16(19-18)13-14-9-5-2-1-3-6-10-14/h14-15,20H,1-13H2. The molecule has 1 N–H and O–H groups in total. The van der Waals surface area contributed by atoms with E-state index in [9.17, 15) is 5.11 Å². The second kappa shape index (κ2) is 7.62. The van der Waals surface area contributed by atoms with Crippen LogP contribution in [0.2, 0.25) is 0 Å². The van der Waals surface area contributed by atoms with Crippen molar-refractivity contribution in [1.82, 2.24) is 4.98 Å². The average molecular weight is 308 g/mol. The van der Waals surface area contributed by atoms with Crippen LogP contribution in [-0.4, -0.2) is 10.1 Å². The van der Waals surface area contributed by atoms with Crippen LogP contribution in [0.3, 0.4) is 0 Å². The predicted octanol–water partition coefficient (Wildman–Crippen LogP) is 5.80. The van der Waals surface area contributed by atoms with Crippen molar-refractivity contribution in [3.63, 3.8) is 0 Å². The van der Waals surface area contributed by atoms with Crippen LogP contribution >= 0.6 is 11.3 Å². The molecule has 2 saturated carbocycles. The van der Waals surface area contributed by atoms with E-state index in [2.05, 4.69) is 4.98 Å². The van der Waals surface area contributed by atoms with Crippen LogP contribution in [0.25, 0.3) is 0 Å². The molecule has 118 valence electrons. The van der Waals surface area contributed by atoms with E-state index >= 15 is 0 Å². The van der Waals surface area contributed by atoms with E-state index in [-0.39, 0.29) is 0 Å². The lowest BCUT2D eigenvalue weighted by molar-refractivity contribution is 0.374. The van der Waals surface area contributed by atoms with Crippen molar-refractivity contribution in [3.8, 4) is 5.88 Å². The third-order valence-electron chi connectivity index (χ3n) is 5.34. The first-order chi connectivity index (χ1) is 10.3. The summed E-state index contributed by atoms with van der Waals surface area (Å²) in [4.78, 5) is 5.70. The van der Waals surface area contributed by atoms with E-state index in [0.29, 0.717) is 11.8 Å². The highest BCUT2D eigenvalue weighted by molar-refractivity contribution is 7.12. The summed E-state index contributed by atoms with van der Waals surface area (Å²) in [5.74, 6) is 1.74. The van der Waals surface area contributed by atoms with Gasteiger partial charge in [0.2, 0.25) is 5.88 Å². The fourth-order valence-electron chi connectivity index (χ4n) is 4.08. The van der Waals surface area contributed by atoms with E-state index in [0.717, 1.165) is 12.3 Å². The Morgan fingerprint density at radius 2 is 1.43 bits per heavy atom. The predicted molar refractivity (Wildman–Crippen MR) is 89.1 cm³/mol. The monoisotopic (exact) mass is 307 g/mol. The maximum atomic E-state index is 10.2. The summed E-state index contributed by atoms with van der Waals surface area (Å²) < 4.78 is 0. The number of hydrogen-bond donors (Lipinski definition) is 1. The first-order valence-electron chi connectivity index (χ1n) is 9.01. The summed E-state index contributed by atoms with van der Waals surface area (Å²) in [6, 6.07) is 0. The van der Waals surface area contributed by atoms with Crippen molar-refractivity contribution in [3.05, 3.63) is 9.88 Å². The van der Waals surface area contributed by atoms with Crippen molar-refractivity contribution in [2.75, 3.05) is 0 Å². The number of aromatic hydroxyl groups is 1. The molecule has 2 nitrogen and oxygen atoms in total. The van der Waals surface area contributed by atoms with E-state index in [1.165, 1.54) is 86.9 Å². The molecule has 0 saturated heterocycles. The molecule has 2 aliphatic rings. The largest absolute Gasteiger partial charge is 0.492 e. The van der Waals surface area contributed by atoms with Crippen molar-refractivity contribution in [1.29, 1.82) is 0 Å². The van der Waals surface area contributed by atoms with Crippen LogP contribution in [0, 0.1) is 5.92 Å². The molecule has 1 heterocycles. The van der Waals surface area contributed by atoms with E-state index in [4.69, 9.17) is 0 Å². The molecule has 3 heteroatoms. The molecule has 21 heavy (non-hydrogen) atoms. The van der Waals surface area contributed by atoms with Gasteiger partial charge in [0, 0.05) is 6.42 Å². The summed E-state index contributed by atoms with van der Waals surface area (Å²) in [7, 11) is 0. The van der Waals surface area contributed by atoms with Gasteiger partial charge in [-0.2, -0.15) is 0 Å². The van der Waals surface area contributed by atoms with Gasteiger partial charge in [-0.25, -0.2) is 4.98 Å². The lowest BCUT2D eigenvalue weighted by Crippen LogP contribution is -2.07. The average Bonchev–Trinajstić information content (AvgIpc) is 2.83. The Balaban J connectivity index is 1.62. The van der Waals surface area contributed by atoms with Gasteiger partial charge < -0.3 is 5.11 Å². The third kappa shape index (κ3) is 4.21. The molecule has 0 aromatic carbocycles. The summed E-state index contributed by atoms with van der Waals surface area (Å²) in [5.41, 5.74) is 0. The molecule has 1 aromatic heterocycles. The Morgan fingerprint density at radius 1 is 0.857 bits per heavy atom. The Bertz CT molecular complexity index is 428.